The van der Waals surface area contributed by atoms with E-state index >= 15 is 0 Å². The molecule has 1 aliphatic heterocycles. The highest BCUT2D eigenvalue weighted by atomic mass is 16.5. The van der Waals surface area contributed by atoms with Gasteiger partial charge in [0.1, 0.15) is 6.04 Å². The average Bonchev–Trinajstić information content (AvgIpc) is 3.60. The summed E-state index contributed by atoms with van der Waals surface area (Å²) < 4.78 is 6.18. The zero-order chi connectivity index (χ0) is 26.0. The number of aliphatic carboxylic acids is 1. The second-order valence-electron chi connectivity index (χ2n) is 10.5. The van der Waals surface area contributed by atoms with Crippen LogP contribution in [0.25, 0.3) is 0 Å². The SMILES string of the molecule is O=C(O)C(c1ccccc1CC1CC1)N1CC[C@@H](OCCCCc2ccc3c(n2)CCCC3)C1.O=CO. The van der Waals surface area contributed by atoms with Gasteiger partial charge >= 0.3 is 5.97 Å². The lowest BCUT2D eigenvalue weighted by Crippen LogP contribution is -2.34. The number of carboxylic acids is 1. The number of aryl methyl sites for hydroxylation is 3. The van der Waals surface area contributed by atoms with Gasteiger partial charge in [0, 0.05) is 31.1 Å². The highest BCUT2D eigenvalue weighted by molar-refractivity contribution is 5.76. The van der Waals surface area contributed by atoms with Gasteiger partial charge in [-0.3, -0.25) is 19.5 Å². The van der Waals surface area contributed by atoms with Gasteiger partial charge in [-0.25, -0.2) is 0 Å². The van der Waals surface area contributed by atoms with Crippen molar-refractivity contribution in [2.75, 3.05) is 19.7 Å². The summed E-state index contributed by atoms with van der Waals surface area (Å²) in [5.41, 5.74) is 6.15. The molecule has 1 aromatic carbocycles. The second-order valence-corrected chi connectivity index (χ2v) is 10.5. The first kappa shape index (κ1) is 27.3. The molecule has 1 saturated carbocycles. The molecule has 7 nitrogen and oxygen atoms in total. The number of fused-ring (bicyclic) bond motifs is 1. The minimum absolute atomic E-state index is 0.124. The van der Waals surface area contributed by atoms with Crippen molar-refractivity contribution in [2.45, 2.75) is 82.8 Å². The monoisotopic (exact) mass is 508 g/mol. The Balaban J connectivity index is 0.00000102. The number of carbonyl (C=O) groups is 2. The van der Waals surface area contributed by atoms with Gasteiger partial charge in [0.2, 0.25) is 0 Å². The van der Waals surface area contributed by atoms with Crippen molar-refractivity contribution >= 4 is 12.4 Å². The fraction of sp³-hybridized carbons (Fsp3) is 0.567. The number of benzene rings is 1. The van der Waals surface area contributed by atoms with E-state index in [2.05, 4.69) is 23.1 Å². The first-order valence-electron chi connectivity index (χ1n) is 13.8. The van der Waals surface area contributed by atoms with E-state index in [0.717, 1.165) is 63.2 Å². The fourth-order valence-corrected chi connectivity index (χ4v) is 5.66. The Labute approximate surface area is 219 Å². The van der Waals surface area contributed by atoms with Crippen molar-refractivity contribution in [3.63, 3.8) is 0 Å². The molecular formula is C30H40N2O5. The van der Waals surface area contributed by atoms with Gasteiger partial charge in [0.05, 0.1) is 6.10 Å². The summed E-state index contributed by atoms with van der Waals surface area (Å²) in [7, 11) is 0. The number of likely N-dealkylation sites (tertiary alicyclic amines) is 1. The number of pyridine rings is 1. The Bertz CT molecular complexity index is 1040. The third kappa shape index (κ3) is 7.86. The van der Waals surface area contributed by atoms with E-state index in [-0.39, 0.29) is 12.6 Å². The molecule has 0 bridgehead atoms. The van der Waals surface area contributed by atoms with Crippen molar-refractivity contribution in [1.82, 2.24) is 9.88 Å². The van der Waals surface area contributed by atoms with Gasteiger partial charge in [-0.2, -0.15) is 0 Å². The molecule has 37 heavy (non-hydrogen) atoms. The lowest BCUT2D eigenvalue weighted by Gasteiger charge is -2.26. The molecule has 7 heteroatoms. The van der Waals surface area contributed by atoms with Crippen LogP contribution in [-0.2, 0) is 40.0 Å². The van der Waals surface area contributed by atoms with E-state index < -0.39 is 12.0 Å². The van der Waals surface area contributed by atoms with Gasteiger partial charge in [0.25, 0.3) is 6.47 Å². The number of ether oxygens (including phenoxy) is 1. The lowest BCUT2D eigenvalue weighted by molar-refractivity contribution is -0.143. The van der Waals surface area contributed by atoms with Gasteiger partial charge in [-0.1, -0.05) is 30.3 Å². The van der Waals surface area contributed by atoms with Crippen LogP contribution < -0.4 is 0 Å². The quantitative estimate of drug-likeness (QED) is 0.330. The van der Waals surface area contributed by atoms with Crippen LogP contribution in [0.2, 0.25) is 0 Å². The summed E-state index contributed by atoms with van der Waals surface area (Å²) in [5, 5.41) is 17.0. The highest BCUT2D eigenvalue weighted by Crippen LogP contribution is 2.36. The summed E-state index contributed by atoms with van der Waals surface area (Å²) in [5.74, 6) is -0.0109. The van der Waals surface area contributed by atoms with Gasteiger partial charge in [0.15, 0.2) is 0 Å². The molecule has 2 aromatic rings. The molecular weight excluding hydrogens is 468 g/mol. The van der Waals surface area contributed by atoms with Crippen LogP contribution in [-0.4, -0.2) is 58.3 Å². The Hall–Kier alpha value is -2.77. The molecule has 1 saturated heterocycles. The molecule has 2 N–H and O–H groups in total. The Morgan fingerprint density at radius 2 is 1.89 bits per heavy atom. The molecule has 0 amide bonds. The van der Waals surface area contributed by atoms with E-state index in [0.29, 0.717) is 6.54 Å². The summed E-state index contributed by atoms with van der Waals surface area (Å²) in [6.45, 7) is 1.96. The standard InChI is InChI=1S/C29H38N2O3.CH2O2/c32-29(33)28(26-10-3-1-8-23(26)19-21-12-13-21)31-17-16-25(20-31)34-18-6-5-9-24-15-14-22-7-2-4-11-27(22)30-24;2-1-3/h1,3,8,10,14-15,21,25,28H,2,4-7,9,11-13,16-20H2,(H,32,33);1H,(H,2,3)/t25-,28?;/m1./s1. The number of aromatic nitrogens is 1. The Morgan fingerprint density at radius 3 is 2.68 bits per heavy atom. The van der Waals surface area contributed by atoms with Crippen LogP contribution in [0.4, 0.5) is 0 Å². The van der Waals surface area contributed by atoms with Crippen molar-refractivity contribution in [1.29, 1.82) is 0 Å². The molecule has 2 fully saturated rings. The number of hydrogen-bond acceptors (Lipinski definition) is 5. The van der Waals surface area contributed by atoms with Crippen LogP contribution in [0.5, 0.6) is 0 Å². The minimum atomic E-state index is -0.749. The molecule has 1 unspecified atom stereocenters. The molecule has 2 heterocycles. The predicted molar refractivity (Wildman–Crippen MR) is 142 cm³/mol. The zero-order valence-electron chi connectivity index (χ0n) is 21.7. The normalized spacial score (nSPS) is 19.9. The molecule has 2 atom stereocenters. The maximum Gasteiger partial charge on any atom is 0.325 e. The van der Waals surface area contributed by atoms with Crippen LogP contribution in [0, 0.1) is 5.92 Å². The summed E-state index contributed by atoms with van der Waals surface area (Å²) in [6.07, 6.45) is 12.6. The maximum atomic E-state index is 12.3. The lowest BCUT2D eigenvalue weighted by atomic mass is 9.95. The molecule has 0 radical (unpaired) electrons. The minimum Gasteiger partial charge on any atom is -0.483 e. The number of carboxylic acid groups (broad SMARTS) is 2. The first-order valence-corrected chi connectivity index (χ1v) is 13.8. The van der Waals surface area contributed by atoms with Crippen LogP contribution >= 0.6 is 0 Å². The van der Waals surface area contributed by atoms with Crippen molar-refractivity contribution < 1.29 is 24.5 Å². The van der Waals surface area contributed by atoms with Crippen molar-refractivity contribution in [2.24, 2.45) is 5.92 Å². The van der Waals surface area contributed by atoms with Crippen molar-refractivity contribution in [3.8, 4) is 0 Å². The van der Waals surface area contributed by atoms with Crippen LogP contribution in [0.3, 0.4) is 0 Å². The van der Waals surface area contributed by atoms with Gasteiger partial charge in [-0.05, 0) is 99.3 Å². The third-order valence-electron chi connectivity index (χ3n) is 7.75. The third-order valence-corrected chi connectivity index (χ3v) is 7.75. The molecule has 2 aliphatic carbocycles. The largest absolute Gasteiger partial charge is 0.483 e. The second kappa shape index (κ2) is 13.7. The van der Waals surface area contributed by atoms with E-state index in [9.17, 15) is 9.90 Å². The van der Waals surface area contributed by atoms with Gasteiger partial charge < -0.3 is 14.9 Å². The fourth-order valence-electron chi connectivity index (χ4n) is 5.66. The topological polar surface area (TPSA) is 100.0 Å². The highest BCUT2D eigenvalue weighted by Gasteiger charge is 2.35. The number of hydrogen-bond donors (Lipinski definition) is 2. The summed E-state index contributed by atoms with van der Waals surface area (Å²) >= 11 is 0. The summed E-state index contributed by atoms with van der Waals surface area (Å²) in [4.78, 5) is 27.6. The zero-order valence-corrected chi connectivity index (χ0v) is 21.7. The Morgan fingerprint density at radius 1 is 1.11 bits per heavy atom. The van der Waals surface area contributed by atoms with Crippen LogP contribution in [0.15, 0.2) is 36.4 Å². The van der Waals surface area contributed by atoms with E-state index in [1.165, 1.54) is 54.6 Å². The molecule has 200 valence electrons. The number of unbranched alkanes of at least 4 members (excludes halogenated alkanes) is 1. The smallest absolute Gasteiger partial charge is 0.325 e. The van der Waals surface area contributed by atoms with Crippen molar-refractivity contribution in [3.05, 3.63) is 64.5 Å². The maximum absolute atomic E-state index is 12.3. The van der Waals surface area contributed by atoms with Gasteiger partial charge in [-0.15, -0.1) is 0 Å². The molecule has 5 rings (SSSR count). The summed E-state index contributed by atoms with van der Waals surface area (Å²) in [6, 6.07) is 12.1. The van der Waals surface area contributed by atoms with E-state index in [4.69, 9.17) is 19.6 Å². The van der Waals surface area contributed by atoms with E-state index in [1.807, 2.05) is 18.2 Å². The molecule has 1 aromatic heterocycles. The Kier molecular flexibility index (Phi) is 10.1. The average molecular weight is 509 g/mol. The number of nitrogens with zero attached hydrogens (tertiary/aromatic N) is 2. The molecule has 3 aliphatic rings. The first-order chi connectivity index (χ1) is 18.1. The molecule has 0 spiro atoms. The van der Waals surface area contributed by atoms with Crippen LogP contribution in [0.1, 0.15) is 79.1 Å². The van der Waals surface area contributed by atoms with E-state index in [1.54, 1.807) is 0 Å². The predicted octanol–water partition coefficient (Wildman–Crippen LogP) is 4.85. The number of rotatable bonds is 11.